The van der Waals surface area contributed by atoms with Crippen LogP contribution < -0.4 is 10.1 Å². The summed E-state index contributed by atoms with van der Waals surface area (Å²) in [6, 6.07) is 20.4. The number of anilines is 1. The number of hydrogen-bond acceptors (Lipinski definition) is 3. The van der Waals surface area contributed by atoms with Crippen LogP contribution in [0.15, 0.2) is 66.7 Å². The number of aryl methyl sites for hydroxylation is 3. The predicted molar refractivity (Wildman–Crippen MR) is 119 cm³/mol. The Kier molecular flexibility index (Phi) is 6.52. The molecule has 0 aliphatic heterocycles. The molecule has 0 unspecified atom stereocenters. The van der Waals surface area contributed by atoms with Gasteiger partial charge in [-0.3, -0.25) is 9.59 Å². The Morgan fingerprint density at radius 1 is 0.867 bits per heavy atom. The van der Waals surface area contributed by atoms with Crippen LogP contribution in [-0.2, 0) is 4.79 Å². The van der Waals surface area contributed by atoms with E-state index < -0.39 is 0 Å². The second-order valence-electron chi connectivity index (χ2n) is 7.43. The highest BCUT2D eigenvalue weighted by Gasteiger charge is 2.17. The highest BCUT2D eigenvalue weighted by atomic mass is 16.5. The van der Waals surface area contributed by atoms with Crippen molar-refractivity contribution in [3.05, 3.63) is 89.0 Å². The van der Waals surface area contributed by atoms with E-state index in [0.717, 1.165) is 22.4 Å². The van der Waals surface area contributed by atoms with Crippen molar-refractivity contribution < 1.29 is 14.3 Å². The molecule has 1 N–H and O–H groups in total. The highest BCUT2D eigenvalue weighted by molar-refractivity contribution is 6.00. The second-order valence-corrected chi connectivity index (χ2v) is 7.43. The first kappa shape index (κ1) is 21.1. The third kappa shape index (κ3) is 5.26. The highest BCUT2D eigenvalue weighted by Crippen LogP contribution is 2.23. The molecule has 154 valence electrons. The van der Waals surface area contributed by atoms with Gasteiger partial charge in [0, 0.05) is 18.3 Å². The average Bonchev–Trinajstić information content (AvgIpc) is 2.71. The molecule has 0 aliphatic rings. The summed E-state index contributed by atoms with van der Waals surface area (Å²) in [6.07, 6.45) is 0. The van der Waals surface area contributed by atoms with Gasteiger partial charge in [-0.15, -0.1) is 0 Å². The smallest absolute Gasteiger partial charge is 0.254 e. The van der Waals surface area contributed by atoms with E-state index in [2.05, 4.69) is 5.32 Å². The molecule has 0 fully saturated rings. The average molecular weight is 402 g/mol. The summed E-state index contributed by atoms with van der Waals surface area (Å²) < 4.78 is 5.79. The summed E-state index contributed by atoms with van der Waals surface area (Å²) in [5, 5.41) is 2.93. The van der Waals surface area contributed by atoms with E-state index in [9.17, 15) is 9.59 Å². The Hall–Kier alpha value is -3.60. The van der Waals surface area contributed by atoms with Crippen molar-refractivity contribution >= 4 is 17.5 Å². The largest absolute Gasteiger partial charge is 0.457 e. The van der Waals surface area contributed by atoms with Gasteiger partial charge in [-0.1, -0.05) is 42.0 Å². The lowest BCUT2D eigenvalue weighted by Gasteiger charge is -2.19. The van der Waals surface area contributed by atoms with E-state index in [0.29, 0.717) is 17.1 Å². The van der Waals surface area contributed by atoms with Crippen LogP contribution in [0.3, 0.4) is 0 Å². The lowest BCUT2D eigenvalue weighted by atomic mass is 10.1. The zero-order valence-electron chi connectivity index (χ0n) is 17.7. The Bertz CT molecular complexity index is 1040. The fraction of sp³-hybridized carbons (Fsp3) is 0.200. The molecule has 3 aromatic rings. The van der Waals surface area contributed by atoms with Crippen LogP contribution in [0.2, 0.25) is 0 Å². The van der Waals surface area contributed by atoms with Gasteiger partial charge in [0.25, 0.3) is 5.91 Å². The van der Waals surface area contributed by atoms with Crippen LogP contribution in [0.5, 0.6) is 11.5 Å². The minimum absolute atomic E-state index is 0.0463. The van der Waals surface area contributed by atoms with Gasteiger partial charge in [0.2, 0.25) is 5.91 Å². The molecule has 30 heavy (non-hydrogen) atoms. The lowest BCUT2D eigenvalue weighted by Crippen LogP contribution is -2.35. The zero-order chi connectivity index (χ0) is 21.7. The molecule has 0 aliphatic carbocycles. The van der Waals surface area contributed by atoms with Gasteiger partial charge in [-0.25, -0.2) is 0 Å². The van der Waals surface area contributed by atoms with Crippen molar-refractivity contribution in [1.29, 1.82) is 0 Å². The van der Waals surface area contributed by atoms with Crippen LogP contribution in [0.25, 0.3) is 0 Å². The molecule has 0 atom stereocenters. The Morgan fingerprint density at radius 2 is 1.50 bits per heavy atom. The van der Waals surface area contributed by atoms with Gasteiger partial charge in [0.15, 0.2) is 0 Å². The SMILES string of the molecule is Cc1cc(C)c(NC(=O)CN(C)C(=O)c2cccc(Oc3ccccc3)c2)c(C)c1. The second kappa shape index (κ2) is 9.27. The van der Waals surface area contributed by atoms with E-state index >= 15 is 0 Å². The number of carbonyl (C=O) groups is 2. The number of nitrogens with one attached hydrogen (secondary N) is 1. The monoisotopic (exact) mass is 402 g/mol. The van der Waals surface area contributed by atoms with Crippen LogP contribution in [0.4, 0.5) is 5.69 Å². The van der Waals surface area contributed by atoms with Crippen molar-refractivity contribution in [2.45, 2.75) is 20.8 Å². The zero-order valence-corrected chi connectivity index (χ0v) is 17.7. The molecule has 0 bridgehead atoms. The van der Waals surface area contributed by atoms with E-state index in [4.69, 9.17) is 4.74 Å². The molecular weight excluding hydrogens is 376 g/mol. The summed E-state index contributed by atoms with van der Waals surface area (Å²) in [5.74, 6) is 0.771. The number of ether oxygens (including phenoxy) is 1. The van der Waals surface area contributed by atoms with Gasteiger partial charge < -0.3 is 15.0 Å². The van der Waals surface area contributed by atoms with Crippen molar-refractivity contribution in [3.8, 4) is 11.5 Å². The Balaban J connectivity index is 1.66. The first-order chi connectivity index (χ1) is 14.3. The normalized spacial score (nSPS) is 10.4. The number of benzene rings is 3. The van der Waals surface area contributed by atoms with E-state index in [1.807, 2.05) is 63.2 Å². The van der Waals surface area contributed by atoms with Crippen LogP contribution in [0.1, 0.15) is 27.0 Å². The van der Waals surface area contributed by atoms with Gasteiger partial charge in [-0.2, -0.15) is 0 Å². The minimum atomic E-state index is -0.249. The van der Waals surface area contributed by atoms with Crippen LogP contribution in [-0.4, -0.2) is 30.3 Å². The summed E-state index contributed by atoms with van der Waals surface area (Å²) in [6.45, 7) is 5.90. The summed E-state index contributed by atoms with van der Waals surface area (Å²) in [4.78, 5) is 26.7. The number of hydrogen-bond donors (Lipinski definition) is 1. The fourth-order valence-electron chi connectivity index (χ4n) is 3.38. The van der Waals surface area contributed by atoms with Gasteiger partial charge in [0.1, 0.15) is 11.5 Å². The third-order valence-corrected chi connectivity index (χ3v) is 4.73. The molecule has 0 saturated heterocycles. The molecule has 0 heterocycles. The predicted octanol–water partition coefficient (Wildman–Crippen LogP) is 5.11. The number of likely N-dealkylation sites (N-methyl/N-ethyl adjacent to an activating group) is 1. The summed E-state index contributed by atoms with van der Waals surface area (Å²) >= 11 is 0. The number of nitrogens with zero attached hydrogens (tertiary/aromatic N) is 1. The van der Waals surface area contributed by atoms with E-state index in [1.165, 1.54) is 4.90 Å². The van der Waals surface area contributed by atoms with Crippen molar-refractivity contribution in [3.63, 3.8) is 0 Å². The van der Waals surface area contributed by atoms with E-state index in [1.54, 1.807) is 31.3 Å². The molecule has 0 spiro atoms. The molecule has 5 heteroatoms. The van der Waals surface area contributed by atoms with E-state index in [-0.39, 0.29) is 18.4 Å². The maximum atomic E-state index is 12.8. The first-order valence-electron chi connectivity index (χ1n) is 9.79. The topological polar surface area (TPSA) is 58.6 Å². The molecule has 5 nitrogen and oxygen atoms in total. The van der Waals surface area contributed by atoms with Crippen molar-refractivity contribution in [1.82, 2.24) is 4.90 Å². The maximum absolute atomic E-state index is 12.8. The fourth-order valence-corrected chi connectivity index (χ4v) is 3.38. The molecule has 3 aromatic carbocycles. The Morgan fingerprint density at radius 3 is 2.17 bits per heavy atom. The quantitative estimate of drug-likeness (QED) is 0.623. The van der Waals surface area contributed by atoms with Crippen LogP contribution >= 0.6 is 0 Å². The van der Waals surface area contributed by atoms with Crippen molar-refractivity contribution in [2.24, 2.45) is 0 Å². The third-order valence-electron chi connectivity index (χ3n) is 4.73. The number of rotatable bonds is 6. The van der Waals surface area contributed by atoms with Crippen molar-refractivity contribution in [2.75, 3.05) is 18.9 Å². The standard InChI is InChI=1S/C25H26N2O3/c1-17-13-18(2)24(19(3)14-17)26-23(28)16-27(4)25(29)20-9-8-12-22(15-20)30-21-10-6-5-7-11-21/h5-15H,16H2,1-4H3,(H,26,28). The molecule has 0 aromatic heterocycles. The lowest BCUT2D eigenvalue weighted by molar-refractivity contribution is -0.116. The molecule has 0 saturated carbocycles. The molecule has 2 amide bonds. The first-order valence-corrected chi connectivity index (χ1v) is 9.79. The molecule has 0 radical (unpaired) electrons. The molecular formula is C25H26N2O3. The number of amides is 2. The van der Waals surface area contributed by atoms with Gasteiger partial charge >= 0.3 is 0 Å². The van der Waals surface area contributed by atoms with Crippen LogP contribution in [0, 0.1) is 20.8 Å². The Labute approximate surface area is 177 Å². The summed E-state index contributed by atoms with van der Waals surface area (Å²) in [5.41, 5.74) is 4.40. The van der Waals surface area contributed by atoms with Gasteiger partial charge in [0.05, 0.1) is 6.54 Å². The molecule has 3 rings (SSSR count). The number of carbonyl (C=O) groups excluding carboxylic acids is 2. The van der Waals surface area contributed by atoms with Gasteiger partial charge in [-0.05, 0) is 62.2 Å². The summed E-state index contributed by atoms with van der Waals surface area (Å²) in [7, 11) is 1.61. The minimum Gasteiger partial charge on any atom is -0.457 e. The number of para-hydroxylation sites is 1. The maximum Gasteiger partial charge on any atom is 0.254 e.